The summed E-state index contributed by atoms with van der Waals surface area (Å²) >= 11 is 1.86. The minimum atomic E-state index is 0.0182. The van der Waals surface area contributed by atoms with Crippen molar-refractivity contribution < 1.29 is 9.59 Å². The molecule has 2 amide bonds. The average Bonchev–Trinajstić information content (AvgIpc) is 2.84. The molecule has 2 aliphatic heterocycles. The van der Waals surface area contributed by atoms with Crippen molar-refractivity contribution in [1.82, 2.24) is 10.2 Å². The van der Waals surface area contributed by atoms with Crippen molar-refractivity contribution in [3.63, 3.8) is 0 Å². The van der Waals surface area contributed by atoms with Crippen LogP contribution in [0.1, 0.15) is 40.0 Å². The van der Waals surface area contributed by atoms with E-state index in [0.717, 1.165) is 44.6 Å². The highest BCUT2D eigenvalue weighted by Crippen LogP contribution is 2.37. The van der Waals surface area contributed by atoms with Gasteiger partial charge in [-0.15, -0.1) is 11.8 Å². The summed E-state index contributed by atoms with van der Waals surface area (Å²) < 4.78 is 0. The summed E-state index contributed by atoms with van der Waals surface area (Å²) in [4.78, 5) is 30.4. The maximum Gasteiger partial charge on any atom is 0.241 e. The van der Waals surface area contributed by atoms with Gasteiger partial charge in [0.05, 0.1) is 12.2 Å². The van der Waals surface area contributed by atoms with E-state index in [9.17, 15) is 9.59 Å². The lowest BCUT2D eigenvalue weighted by Crippen LogP contribution is -2.47. The van der Waals surface area contributed by atoms with Gasteiger partial charge >= 0.3 is 0 Å². The van der Waals surface area contributed by atoms with Gasteiger partial charge in [0.2, 0.25) is 11.8 Å². The van der Waals surface area contributed by atoms with E-state index in [1.807, 2.05) is 42.6 Å². The molecular weight excluding hydrogens is 370 g/mol. The Morgan fingerprint density at radius 3 is 2.79 bits per heavy atom. The van der Waals surface area contributed by atoms with Crippen LogP contribution in [0.3, 0.4) is 0 Å². The van der Waals surface area contributed by atoms with E-state index < -0.39 is 0 Å². The number of hydrogen-bond donors (Lipinski definition) is 1. The number of thioether (sulfide) groups is 1. The van der Waals surface area contributed by atoms with Gasteiger partial charge in [-0.2, -0.15) is 0 Å². The fraction of sp³-hybridized carbons (Fsp3) is 0.636. The Morgan fingerprint density at radius 2 is 2.00 bits per heavy atom. The molecule has 2 unspecified atom stereocenters. The molecule has 0 aromatic heterocycles. The monoisotopic (exact) mass is 403 g/mol. The highest BCUT2D eigenvalue weighted by Gasteiger charge is 2.27. The summed E-state index contributed by atoms with van der Waals surface area (Å²) in [5.41, 5.74) is 1.06. The maximum absolute atomic E-state index is 13.2. The molecular formula is C22H33N3O2S. The first kappa shape index (κ1) is 21.2. The number of anilines is 1. The van der Waals surface area contributed by atoms with Gasteiger partial charge < -0.3 is 10.2 Å². The minimum absolute atomic E-state index is 0.0182. The number of amides is 2. The van der Waals surface area contributed by atoms with Crippen LogP contribution >= 0.6 is 11.8 Å². The Bertz CT molecular complexity index is 694. The molecule has 0 aliphatic carbocycles. The SMILES string of the molecule is CC1CCN(C(=O)CN2CCCC(CNC(=O)C(C)C)C2)c2ccccc2S1. The van der Waals surface area contributed by atoms with Crippen LogP contribution in [-0.4, -0.2) is 54.7 Å². The molecule has 1 aromatic rings. The predicted molar refractivity (Wildman–Crippen MR) is 116 cm³/mol. The summed E-state index contributed by atoms with van der Waals surface area (Å²) in [7, 11) is 0. The van der Waals surface area contributed by atoms with E-state index >= 15 is 0 Å². The fourth-order valence-corrected chi connectivity index (χ4v) is 5.05. The average molecular weight is 404 g/mol. The molecule has 1 saturated heterocycles. The van der Waals surface area contributed by atoms with Crippen molar-refractivity contribution >= 4 is 29.3 Å². The third kappa shape index (κ3) is 5.51. The topological polar surface area (TPSA) is 52.7 Å². The van der Waals surface area contributed by atoms with Crippen LogP contribution in [0.2, 0.25) is 0 Å². The number of nitrogens with zero attached hydrogens (tertiary/aromatic N) is 2. The molecule has 6 heteroatoms. The zero-order valence-electron chi connectivity index (χ0n) is 17.3. The summed E-state index contributed by atoms with van der Waals surface area (Å²) in [6.07, 6.45) is 3.21. The first-order valence-electron chi connectivity index (χ1n) is 10.5. The van der Waals surface area contributed by atoms with Crippen molar-refractivity contribution in [1.29, 1.82) is 0 Å². The van der Waals surface area contributed by atoms with Crippen LogP contribution in [0.4, 0.5) is 5.69 Å². The van der Waals surface area contributed by atoms with E-state index in [1.165, 1.54) is 4.90 Å². The summed E-state index contributed by atoms with van der Waals surface area (Å²) in [5, 5.41) is 3.57. The van der Waals surface area contributed by atoms with Crippen molar-refractivity contribution in [2.45, 2.75) is 50.2 Å². The molecule has 2 aliphatic rings. The molecule has 1 aromatic carbocycles. The number of rotatable bonds is 5. The largest absolute Gasteiger partial charge is 0.356 e. The number of para-hydroxylation sites is 1. The summed E-state index contributed by atoms with van der Waals surface area (Å²) in [6.45, 7) is 9.86. The predicted octanol–water partition coefficient (Wildman–Crippen LogP) is 3.39. The fourth-order valence-electron chi connectivity index (χ4n) is 3.93. The van der Waals surface area contributed by atoms with E-state index in [1.54, 1.807) is 0 Å². The Kier molecular flexibility index (Phi) is 7.41. The van der Waals surface area contributed by atoms with E-state index in [0.29, 0.717) is 24.3 Å². The van der Waals surface area contributed by atoms with Crippen molar-refractivity contribution in [2.75, 3.05) is 37.6 Å². The van der Waals surface area contributed by atoms with Crippen LogP contribution in [-0.2, 0) is 9.59 Å². The number of fused-ring (bicyclic) bond motifs is 1. The van der Waals surface area contributed by atoms with Crippen LogP contribution in [0.25, 0.3) is 0 Å². The van der Waals surface area contributed by atoms with Crippen molar-refractivity contribution in [2.24, 2.45) is 11.8 Å². The number of nitrogens with one attached hydrogen (secondary N) is 1. The van der Waals surface area contributed by atoms with Gasteiger partial charge in [-0.3, -0.25) is 14.5 Å². The van der Waals surface area contributed by atoms with Gasteiger partial charge in [-0.1, -0.05) is 32.9 Å². The number of hydrogen-bond acceptors (Lipinski definition) is 4. The Morgan fingerprint density at radius 1 is 1.21 bits per heavy atom. The standard InChI is InChI=1S/C22H33N3O2S/c1-16(2)22(27)23-13-18-7-6-11-24(14-18)15-21(26)25-12-10-17(3)28-20-9-5-4-8-19(20)25/h4-5,8-9,16-18H,6-7,10-15H2,1-3H3,(H,23,27). The number of carbonyl (C=O) groups excluding carboxylic acids is 2. The third-order valence-electron chi connectivity index (χ3n) is 5.60. The lowest BCUT2D eigenvalue weighted by Gasteiger charge is -2.34. The number of benzene rings is 1. The van der Waals surface area contributed by atoms with E-state index in [2.05, 4.69) is 29.3 Å². The minimum Gasteiger partial charge on any atom is -0.356 e. The number of likely N-dealkylation sites (tertiary alicyclic amines) is 1. The Labute approximate surface area is 173 Å². The lowest BCUT2D eigenvalue weighted by molar-refractivity contribution is -0.124. The van der Waals surface area contributed by atoms with Crippen LogP contribution in [0.5, 0.6) is 0 Å². The molecule has 0 spiro atoms. The highest BCUT2D eigenvalue weighted by atomic mass is 32.2. The van der Waals surface area contributed by atoms with Gasteiger partial charge in [-0.05, 0) is 43.9 Å². The molecule has 2 atom stereocenters. The molecule has 5 nitrogen and oxygen atoms in total. The lowest BCUT2D eigenvalue weighted by atomic mass is 9.97. The first-order chi connectivity index (χ1) is 13.4. The quantitative estimate of drug-likeness (QED) is 0.819. The Balaban J connectivity index is 1.59. The number of piperidine rings is 1. The second kappa shape index (κ2) is 9.79. The van der Waals surface area contributed by atoms with Crippen LogP contribution in [0, 0.1) is 11.8 Å². The molecule has 0 radical (unpaired) electrons. The second-order valence-corrected chi connectivity index (χ2v) is 9.85. The first-order valence-corrected chi connectivity index (χ1v) is 11.4. The van der Waals surface area contributed by atoms with E-state index in [4.69, 9.17) is 0 Å². The van der Waals surface area contributed by atoms with Crippen LogP contribution < -0.4 is 10.2 Å². The van der Waals surface area contributed by atoms with Crippen molar-refractivity contribution in [3.05, 3.63) is 24.3 Å². The third-order valence-corrected chi connectivity index (χ3v) is 6.83. The highest BCUT2D eigenvalue weighted by molar-refractivity contribution is 8.00. The zero-order valence-corrected chi connectivity index (χ0v) is 18.1. The Hall–Kier alpha value is -1.53. The molecule has 28 heavy (non-hydrogen) atoms. The van der Waals surface area contributed by atoms with Crippen LogP contribution in [0.15, 0.2) is 29.2 Å². The molecule has 3 rings (SSSR count). The summed E-state index contributed by atoms with van der Waals surface area (Å²) in [6, 6.07) is 8.26. The van der Waals surface area contributed by atoms with Gasteiger partial charge in [0.15, 0.2) is 0 Å². The maximum atomic E-state index is 13.2. The second-order valence-electron chi connectivity index (χ2n) is 8.37. The molecule has 0 saturated carbocycles. The van der Waals surface area contributed by atoms with Gasteiger partial charge in [0, 0.05) is 35.7 Å². The normalized spacial score (nSPS) is 23.2. The van der Waals surface area contributed by atoms with Gasteiger partial charge in [0.1, 0.15) is 0 Å². The summed E-state index contributed by atoms with van der Waals surface area (Å²) in [5.74, 6) is 0.746. The molecule has 1 fully saturated rings. The molecule has 1 N–H and O–H groups in total. The van der Waals surface area contributed by atoms with E-state index in [-0.39, 0.29) is 17.7 Å². The molecule has 0 bridgehead atoms. The van der Waals surface area contributed by atoms with Gasteiger partial charge in [0.25, 0.3) is 0 Å². The number of carbonyl (C=O) groups is 2. The van der Waals surface area contributed by atoms with Crippen molar-refractivity contribution in [3.8, 4) is 0 Å². The zero-order chi connectivity index (χ0) is 20.1. The smallest absolute Gasteiger partial charge is 0.241 e. The van der Waals surface area contributed by atoms with Gasteiger partial charge in [-0.25, -0.2) is 0 Å². The molecule has 154 valence electrons. The molecule has 2 heterocycles.